The molecule has 1 aromatic rings. The second kappa shape index (κ2) is 20.7. The first-order chi connectivity index (χ1) is 21.4. The SMILES string of the molecule is CCCCCCCCCCCCCCC(CCCC1([C@H]2CC[C@H](C(=O)Oc3cc(F)c(F)c(F)c3)CC2)CCCCC1)[SiH2]C. The molecule has 1 atom stereocenters. The maximum Gasteiger partial charge on any atom is 0.314 e. The fourth-order valence-electron chi connectivity index (χ4n) is 8.42. The summed E-state index contributed by atoms with van der Waals surface area (Å²) in [6, 6.07) is 1.51. The fourth-order valence-corrected chi connectivity index (χ4v) is 9.81. The molecule has 0 spiro atoms. The van der Waals surface area contributed by atoms with Crippen LogP contribution < -0.4 is 4.74 Å². The lowest BCUT2D eigenvalue weighted by atomic mass is 9.59. The summed E-state index contributed by atoms with van der Waals surface area (Å²) in [6.45, 7) is 4.80. The molecule has 1 aromatic carbocycles. The number of carbonyl (C=O) groups is 1. The lowest BCUT2D eigenvalue weighted by Crippen LogP contribution is -2.37. The van der Waals surface area contributed by atoms with Gasteiger partial charge in [0.1, 0.15) is 5.75 Å². The zero-order chi connectivity index (χ0) is 31.6. The van der Waals surface area contributed by atoms with Crippen molar-refractivity contribution in [3.05, 3.63) is 29.6 Å². The van der Waals surface area contributed by atoms with E-state index in [1.54, 1.807) is 0 Å². The summed E-state index contributed by atoms with van der Waals surface area (Å²) in [6.07, 6.45) is 32.8. The van der Waals surface area contributed by atoms with Crippen LogP contribution in [0.5, 0.6) is 5.75 Å². The predicted molar refractivity (Wildman–Crippen MR) is 181 cm³/mol. The summed E-state index contributed by atoms with van der Waals surface area (Å²) in [4.78, 5) is 12.8. The number of unbranched alkanes of at least 4 members (excludes halogenated alkanes) is 11. The molecule has 0 aromatic heterocycles. The molecule has 0 heterocycles. The highest BCUT2D eigenvalue weighted by molar-refractivity contribution is 6.35. The average Bonchev–Trinajstić information content (AvgIpc) is 3.03. The van der Waals surface area contributed by atoms with Crippen LogP contribution in [0.2, 0.25) is 12.1 Å². The second-order valence-corrected chi connectivity index (χ2v) is 16.4. The Balaban J connectivity index is 1.34. The average molecular weight is 637 g/mol. The van der Waals surface area contributed by atoms with E-state index in [1.165, 1.54) is 135 Å². The molecule has 0 amide bonds. The van der Waals surface area contributed by atoms with Gasteiger partial charge in [0.05, 0.1) is 5.92 Å². The van der Waals surface area contributed by atoms with Crippen molar-refractivity contribution in [3.63, 3.8) is 0 Å². The first-order valence-electron chi connectivity index (χ1n) is 18.7. The minimum absolute atomic E-state index is 0.00908. The van der Waals surface area contributed by atoms with Gasteiger partial charge in [0.15, 0.2) is 17.5 Å². The van der Waals surface area contributed by atoms with Crippen LogP contribution in [0.3, 0.4) is 0 Å². The molecule has 1 unspecified atom stereocenters. The third-order valence-corrected chi connectivity index (χ3v) is 13.3. The Bertz CT molecular complexity index is 917. The molecular formula is C38H63F3O2Si. The van der Waals surface area contributed by atoms with Gasteiger partial charge in [-0.2, -0.15) is 0 Å². The van der Waals surface area contributed by atoms with Crippen LogP contribution in [0.25, 0.3) is 0 Å². The predicted octanol–water partition coefficient (Wildman–Crippen LogP) is 12.0. The topological polar surface area (TPSA) is 26.3 Å². The minimum atomic E-state index is -1.54. The van der Waals surface area contributed by atoms with Crippen molar-refractivity contribution in [1.29, 1.82) is 0 Å². The molecule has 2 fully saturated rings. The van der Waals surface area contributed by atoms with E-state index in [0.29, 0.717) is 11.3 Å². The highest BCUT2D eigenvalue weighted by Crippen LogP contribution is 2.52. The molecule has 0 aliphatic heterocycles. The van der Waals surface area contributed by atoms with Crippen molar-refractivity contribution in [2.75, 3.05) is 0 Å². The summed E-state index contributed by atoms with van der Waals surface area (Å²) < 4.78 is 45.7. The van der Waals surface area contributed by atoms with Crippen LogP contribution in [0, 0.1) is 34.7 Å². The smallest absolute Gasteiger partial charge is 0.314 e. The Morgan fingerprint density at radius 1 is 0.795 bits per heavy atom. The normalized spacial score (nSPS) is 21.1. The van der Waals surface area contributed by atoms with Crippen molar-refractivity contribution in [2.45, 2.75) is 180 Å². The minimum Gasteiger partial charge on any atom is -0.426 e. The second-order valence-electron chi connectivity index (χ2n) is 14.4. The molecule has 2 nitrogen and oxygen atoms in total. The summed E-state index contributed by atoms with van der Waals surface area (Å²) in [5, 5.41) is 0. The van der Waals surface area contributed by atoms with Crippen LogP contribution in [-0.4, -0.2) is 15.5 Å². The van der Waals surface area contributed by atoms with E-state index in [0.717, 1.165) is 43.4 Å². The van der Waals surface area contributed by atoms with Gasteiger partial charge in [0.25, 0.3) is 0 Å². The molecule has 0 bridgehead atoms. The van der Waals surface area contributed by atoms with Gasteiger partial charge in [-0.3, -0.25) is 4.79 Å². The highest BCUT2D eigenvalue weighted by atomic mass is 28.2. The van der Waals surface area contributed by atoms with E-state index in [2.05, 4.69) is 13.5 Å². The van der Waals surface area contributed by atoms with Gasteiger partial charge < -0.3 is 4.74 Å². The highest BCUT2D eigenvalue weighted by Gasteiger charge is 2.42. The van der Waals surface area contributed by atoms with Gasteiger partial charge >= 0.3 is 5.97 Å². The van der Waals surface area contributed by atoms with E-state index in [1.807, 2.05) is 0 Å². The van der Waals surface area contributed by atoms with Gasteiger partial charge in [0, 0.05) is 21.7 Å². The van der Waals surface area contributed by atoms with Crippen LogP contribution >= 0.6 is 0 Å². The summed E-state index contributed by atoms with van der Waals surface area (Å²) in [5.74, 6) is -4.51. The Kier molecular flexibility index (Phi) is 17.5. The molecule has 2 aliphatic carbocycles. The number of hydrogen-bond donors (Lipinski definition) is 0. The van der Waals surface area contributed by atoms with Crippen molar-refractivity contribution >= 4 is 15.5 Å². The molecule has 0 saturated heterocycles. The van der Waals surface area contributed by atoms with Crippen molar-refractivity contribution < 1.29 is 22.7 Å². The van der Waals surface area contributed by atoms with E-state index in [4.69, 9.17) is 4.74 Å². The number of esters is 1. The quantitative estimate of drug-likeness (QED) is 0.0441. The van der Waals surface area contributed by atoms with Crippen LogP contribution in [0.15, 0.2) is 12.1 Å². The summed E-state index contributed by atoms with van der Waals surface area (Å²) in [7, 11) is 0.00908. The maximum atomic E-state index is 13.6. The van der Waals surface area contributed by atoms with Crippen molar-refractivity contribution in [2.24, 2.45) is 17.3 Å². The molecule has 0 N–H and O–H groups in total. The van der Waals surface area contributed by atoms with E-state index < -0.39 is 23.4 Å². The number of carbonyl (C=O) groups excluding carboxylic acids is 1. The molecule has 2 aliphatic rings. The number of hydrogen-bond acceptors (Lipinski definition) is 2. The van der Waals surface area contributed by atoms with Crippen molar-refractivity contribution in [3.8, 4) is 5.75 Å². The van der Waals surface area contributed by atoms with Crippen molar-refractivity contribution in [1.82, 2.24) is 0 Å². The van der Waals surface area contributed by atoms with Gasteiger partial charge in [-0.1, -0.05) is 135 Å². The number of rotatable bonds is 21. The number of benzene rings is 1. The van der Waals surface area contributed by atoms with E-state index >= 15 is 0 Å². The Hall–Kier alpha value is -1.30. The molecule has 2 saturated carbocycles. The monoisotopic (exact) mass is 636 g/mol. The van der Waals surface area contributed by atoms with Crippen LogP contribution in [-0.2, 0) is 4.79 Å². The molecule has 3 rings (SSSR count). The van der Waals surface area contributed by atoms with Crippen LogP contribution in [0.1, 0.15) is 167 Å². The van der Waals surface area contributed by atoms with Gasteiger partial charge in [-0.05, 0) is 56.3 Å². The Labute approximate surface area is 269 Å². The van der Waals surface area contributed by atoms with Gasteiger partial charge in [-0.25, -0.2) is 13.2 Å². The molecule has 0 radical (unpaired) electrons. The zero-order valence-electron chi connectivity index (χ0n) is 28.2. The van der Waals surface area contributed by atoms with Crippen LogP contribution in [0.4, 0.5) is 13.2 Å². The Morgan fingerprint density at radius 2 is 1.32 bits per heavy atom. The third kappa shape index (κ3) is 12.5. The molecule has 6 heteroatoms. The first-order valence-corrected chi connectivity index (χ1v) is 21.0. The van der Waals surface area contributed by atoms with Gasteiger partial charge in [0.2, 0.25) is 0 Å². The number of ether oxygens (including phenoxy) is 1. The van der Waals surface area contributed by atoms with E-state index in [-0.39, 0.29) is 21.2 Å². The lowest BCUT2D eigenvalue weighted by molar-refractivity contribution is -0.141. The zero-order valence-corrected chi connectivity index (χ0v) is 29.6. The summed E-state index contributed by atoms with van der Waals surface area (Å²) in [5.41, 5.74) is 1.41. The first kappa shape index (κ1) is 37.2. The number of halogens is 3. The summed E-state index contributed by atoms with van der Waals surface area (Å²) >= 11 is 0. The maximum absolute atomic E-state index is 13.6. The molecule has 44 heavy (non-hydrogen) atoms. The Morgan fingerprint density at radius 3 is 1.86 bits per heavy atom. The van der Waals surface area contributed by atoms with Gasteiger partial charge in [-0.15, -0.1) is 0 Å². The third-order valence-electron chi connectivity index (χ3n) is 11.3. The van der Waals surface area contributed by atoms with E-state index in [9.17, 15) is 18.0 Å². The molecular weight excluding hydrogens is 573 g/mol. The standard InChI is InChI=1S/C38H63F3O2Si/c1-3-4-5-6-7-8-9-10-11-12-13-15-19-33(44-2)20-18-27-38(25-16-14-17-26-38)31-23-21-30(22-24-31)37(42)43-32-28-34(39)36(41)35(40)29-32/h28-31,33H,3-27,44H2,1-2H3/t30-,31-,33?. The largest absolute Gasteiger partial charge is 0.426 e. The lowest BCUT2D eigenvalue weighted by Gasteiger charge is -2.47. The molecule has 252 valence electrons. The fraction of sp³-hybridized carbons (Fsp3) is 0.816.